The van der Waals surface area contributed by atoms with Crippen molar-refractivity contribution in [2.24, 2.45) is 5.84 Å². The van der Waals surface area contributed by atoms with E-state index in [-0.39, 0.29) is 17.9 Å². The average Bonchev–Trinajstić information content (AvgIpc) is 3.03. The van der Waals surface area contributed by atoms with Crippen LogP contribution < -0.4 is 16.6 Å². The topological polar surface area (TPSA) is 92.5 Å². The summed E-state index contributed by atoms with van der Waals surface area (Å²) in [5.74, 6) is 5.43. The van der Waals surface area contributed by atoms with Crippen molar-refractivity contribution in [2.45, 2.75) is 51.1 Å². The number of nitrogens with zero attached hydrogens (tertiary/aromatic N) is 2. The molecule has 2 rings (SSSR count). The first-order chi connectivity index (χ1) is 12.0. The minimum atomic E-state index is -4.70. The first-order valence-electron chi connectivity index (χ1n) is 8.24. The second-order valence-corrected chi connectivity index (χ2v) is 7.10. The minimum absolute atomic E-state index is 0.158. The second-order valence-electron chi connectivity index (χ2n) is 7.10. The lowest BCUT2D eigenvalue weighted by Gasteiger charge is -2.38. The number of carbonyl (C=O) groups is 1. The van der Waals surface area contributed by atoms with Crippen LogP contribution in [-0.4, -0.2) is 46.9 Å². The van der Waals surface area contributed by atoms with E-state index in [2.05, 4.69) is 15.7 Å². The zero-order valence-corrected chi connectivity index (χ0v) is 14.9. The van der Waals surface area contributed by atoms with E-state index in [1.165, 1.54) is 12.1 Å². The third-order valence-corrected chi connectivity index (χ3v) is 3.87. The lowest BCUT2D eigenvalue weighted by Crippen LogP contribution is -2.50. The number of alkyl halides is 3. The van der Waals surface area contributed by atoms with Gasteiger partial charge in [-0.05, 0) is 39.8 Å². The van der Waals surface area contributed by atoms with Crippen molar-refractivity contribution in [1.82, 2.24) is 15.2 Å². The molecule has 146 valence electrons. The molecule has 10 heteroatoms. The van der Waals surface area contributed by atoms with Crippen LogP contribution in [0.25, 0.3) is 0 Å². The number of nitrogen functional groups attached to an aromatic ring is 1. The number of halogens is 3. The molecule has 1 fully saturated rings. The van der Waals surface area contributed by atoms with Crippen LogP contribution in [0, 0.1) is 0 Å². The molecule has 1 aromatic heterocycles. The Morgan fingerprint density at radius 2 is 2.12 bits per heavy atom. The number of hydrazine groups is 1. The molecule has 4 N–H and O–H groups in total. The Hall–Kier alpha value is -2.07. The van der Waals surface area contributed by atoms with Gasteiger partial charge < -0.3 is 15.5 Å². The van der Waals surface area contributed by atoms with E-state index in [1.807, 2.05) is 0 Å². The quantitative estimate of drug-likeness (QED) is 0.553. The Morgan fingerprint density at radius 3 is 2.54 bits per heavy atom. The molecule has 0 spiro atoms. The first-order valence-corrected chi connectivity index (χ1v) is 8.24. The zero-order valence-electron chi connectivity index (χ0n) is 14.9. The molecule has 1 saturated heterocycles. The Kier molecular flexibility index (Phi) is 5.97. The van der Waals surface area contributed by atoms with Gasteiger partial charge in [-0.25, -0.2) is 15.6 Å². The Labute approximate surface area is 150 Å². The van der Waals surface area contributed by atoms with Crippen molar-refractivity contribution < 1.29 is 22.7 Å². The second kappa shape index (κ2) is 7.67. The summed E-state index contributed by atoms with van der Waals surface area (Å²) in [6.07, 6.45) is -4.23. The van der Waals surface area contributed by atoms with Crippen LogP contribution in [0.4, 0.5) is 23.8 Å². The number of nitrogens with two attached hydrogens (primary N) is 1. The molecule has 0 aromatic carbocycles. The molecule has 7 nitrogen and oxygen atoms in total. The number of hydrogen-bond donors (Lipinski definition) is 3. The fourth-order valence-electron chi connectivity index (χ4n) is 2.82. The van der Waals surface area contributed by atoms with Gasteiger partial charge in [0.2, 0.25) is 0 Å². The van der Waals surface area contributed by atoms with E-state index in [0.29, 0.717) is 13.0 Å². The van der Waals surface area contributed by atoms with Gasteiger partial charge in [-0.2, -0.15) is 13.2 Å². The summed E-state index contributed by atoms with van der Waals surface area (Å²) >= 11 is 0. The van der Waals surface area contributed by atoms with Crippen LogP contribution >= 0.6 is 0 Å². The number of anilines is 1. The predicted molar refractivity (Wildman–Crippen MR) is 90.2 cm³/mol. The number of hydrogen-bond acceptors (Lipinski definition) is 6. The molecule has 1 aromatic rings. The minimum Gasteiger partial charge on any atom is -0.444 e. The maximum absolute atomic E-state index is 13.9. The van der Waals surface area contributed by atoms with Crippen molar-refractivity contribution in [2.75, 3.05) is 18.5 Å². The maximum atomic E-state index is 13.9. The highest BCUT2D eigenvalue weighted by Crippen LogP contribution is 2.40. The molecular weight excluding hydrogens is 351 g/mol. The van der Waals surface area contributed by atoms with Crippen LogP contribution in [0.15, 0.2) is 18.3 Å². The van der Waals surface area contributed by atoms with Gasteiger partial charge in [0.25, 0.3) is 0 Å². The highest BCUT2D eigenvalue weighted by molar-refractivity contribution is 5.69. The van der Waals surface area contributed by atoms with Gasteiger partial charge in [0.05, 0.1) is 0 Å². The summed E-state index contributed by atoms with van der Waals surface area (Å²) in [6, 6.07) is -0.223. The average molecular weight is 375 g/mol. The van der Waals surface area contributed by atoms with Crippen molar-refractivity contribution >= 4 is 11.9 Å². The largest absolute Gasteiger partial charge is 0.444 e. The zero-order chi connectivity index (χ0) is 19.5. The third kappa shape index (κ3) is 4.98. The molecule has 2 atom stereocenters. The first kappa shape index (κ1) is 20.2. The number of aromatic nitrogens is 1. The molecule has 1 aliphatic rings. The van der Waals surface area contributed by atoms with Gasteiger partial charge in [0.1, 0.15) is 11.4 Å². The van der Waals surface area contributed by atoms with Gasteiger partial charge >= 0.3 is 12.3 Å². The van der Waals surface area contributed by atoms with Crippen LogP contribution in [0.5, 0.6) is 0 Å². The SMILES string of the molecule is CC(C)(C)OC(=O)N([C@H]1CCNC1)[C@@H](c1ccc(NN)nc1)C(F)(F)F. The smallest absolute Gasteiger partial charge is 0.413 e. The van der Waals surface area contributed by atoms with Gasteiger partial charge in [-0.1, -0.05) is 6.07 Å². The molecule has 0 bridgehead atoms. The molecule has 0 aliphatic carbocycles. The van der Waals surface area contributed by atoms with Gasteiger partial charge in [-0.3, -0.25) is 4.90 Å². The Bertz CT molecular complexity index is 610. The van der Waals surface area contributed by atoms with E-state index in [9.17, 15) is 18.0 Å². The monoisotopic (exact) mass is 375 g/mol. The van der Waals surface area contributed by atoms with E-state index < -0.39 is 30.0 Å². The molecule has 0 saturated carbocycles. The molecule has 26 heavy (non-hydrogen) atoms. The van der Waals surface area contributed by atoms with Gasteiger partial charge in [0, 0.05) is 24.3 Å². The number of amides is 1. The lowest BCUT2D eigenvalue weighted by atomic mass is 10.0. The number of ether oxygens (including phenoxy) is 1. The fraction of sp³-hybridized carbons (Fsp3) is 0.625. The van der Waals surface area contributed by atoms with Crippen molar-refractivity contribution in [3.8, 4) is 0 Å². The van der Waals surface area contributed by atoms with Crippen LogP contribution in [-0.2, 0) is 4.74 Å². The summed E-state index contributed by atoms with van der Waals surface area (Å²) in [5.41, 5.74) is 1.19. The molecule has 0 unspecified atom stereocenters. The van der Waals surface area contributed by atoms with Crippen molar-refractivity contribution in [3.63, 3.8) is 0 Å². The summed E-state index contributed by atoms with van der Waals surface area (Å²) < 4.78 is 47.1. The van der Waals surface area contributed by atoms with Crippen molar-refractivity contribution in [3.05, 3.63) is 23.9 Å². The van der Waals surface area contributed by atoms with E-state index in [1.54, 1.807) is 20.8 Å². The number of nitrogens with one attached hydrogen (secondary N) is 2. The number of rotatable bonds is 4. The Balaban J connectivity index is 2.45. The highest BCUT2D eigenvalue weighted by Gasteiger charge is 2.50. The van der Waals surface area contributed by atoms with Crippen LogP contribution in [0.1, 0.15) is 38.8 Å². The normalized spacial score (nSPS) is 19.1. The number of pyridine rings is 1. The number of carbonyl (C=O) groups excluding carboxylic acids is 1. The summed E-state index contributed by atoms with van der Waals surface area (Å²) in [7, 11) is 0. The lowest BCUT2D eigenvalue weighted by molar-refractivity contribution is -0.188. The molecule has 0 radical (unpaired) electrons. The summed E-state index contributed by atoms with van der Waals surface area (Å²) in [4.78, 5) is 17.3. The summed E-state index contributed by atoms with van der Waals surface area (Å²) in [6.45, 7) is 5.63. The Morgan fingerprint density at radius 1 is 1.42 bits per heavy atom. The van der Waals surface area contributed by atoms with Crippen molar-refractivity contribution in [1.29, 1.82) is 0 Å². The molecule has 2 heterocycles. The van der Waals surface area contributed by atoms with E-state index >= 15 is 0 Å². The van der Waals surface area contributed by atoms with E-state index in [4.69, 9.17) is 10.6 Å². The van der Waals surface area contributed by atoms with E-state index in [0.717, 1.165) is 11.1 Å². The maximum Gasteiger partial charge on any atom is 0.413 e. The molecule has 1 amide bonds. The van der Waals surface area contributed by atoms with Gasteiger partial charge in [0.15, 0.2) is 6.04 Å². The predicted octanol–water partition coefficient (Wildman–Crippen LogP) is 2.57. The summed E-state index contributed by atoms with van der Waals surface area (Å²) in [5, 5.41) is 2.99. The molecular formula is C16H24F3N5O2. The fourth-order valence-corrected chi connectivity index (χ4v) is 2.82. The van der Waals surface area contributed by atoms with Crippen LogP contribution in [0.2, 0.25) is 0 Å². The standard InChI is InChI=1S/C16H24F3N5O2/c1-15(2,3)26-14(25)24(11-6-7-21-9-11)13(16(17,18)19)10-4-5-12(23-20)22-8-10/h4-5,8,11,13,21H,6-7,9,20H2,1-3H3,(H,22,23)/t11-,13-/m0/s1. The van der Waals surface area contributed by atoms with Gasteiger partial charge in [-0.15, -0.1) is 0 Å². The molecule has 1 aliphatic heterocycles. The van der Waals surface area contributed by atoms with Crippen LogP contribution in [0.3, 0.4) is 0 Å². The third-order valence-electron chi connectivity index (χ3n) is 3.87. The highest BCUT2D eigenvalue weighted by atomic mass is 19.4.